The largest absolute Gasteiger partial charge is 0.378 e. The third-order valence-electron chi connectivity index (χ3n) is 3.88. The molecule has 1 aliphatic heterocycles. The molecule has 0 bridgehead atoms. The maximum atomic E-state index is 14.1. The van der Waals surface area contributed by atoms with E-state index >= 15 is 0 Å². The molecule has 0 unspecified atom stereocenters. The summed E-state index contributed by atoms with van der Waals surface area (Å²) in [6.45, 7) is 3.44. The summed E-state index contributed by atoms with van der Waals surface area (Å²) in [5.41, 5.74) is 5.75. The van der Waals surface area contributed by atoms with Gasteiger partial charge in [-0.1, -0.05) is 12.1 Å². The average Bonchev–Trinajstić information content (AvgIpc) is 2.50. The highest BCUT2D eigenvalue weighted by molar-refractivity contribution is 7.89. The lowest BCUT2D eigenvalue weighted by molar-refractivity contribution is 0.0208. The Bertz CT molecular complexity index is 599. The number of ether oxygens (including phenoxy) is 1. The van der Waals surface area contributed by atoms with Crippen molar-refractivity contribution in [2.45, 2.75) is 37.2 Å². The molecule has 2 rings (SSSR count). The number of hydrogen-bond acceptors (Lipinski definition) is 4. The lowest BCUT2D eigenvalue weighted by Gasteiger charge is -2.31. The van der Waals surface area contributed by atoms with Gasteiger partial charge in [-0.3, -0.25) is 0 Å². The van der Waals surface area contributed by atoms with Crippen LogP contribution in [0.3, 0.4) is 0 Å². The van der Waals surface area contributed by atoms with Gasteiger partial charge in [0.2, 0.25) is 10.0 Å². The van der Waals surface area contributed by atoms with E-state index in [2.05, 4.69) is 0 Å². The summed E-state index contributed by atoms with van der Waals surface area (Å²) in [6.07, 6.45) is 2.10. The zero-order valence-corrected chi connectivity index (χ0v) is 13.6. The van der Waals surface area contributed by atoms with Crippen molar-refractivity contribution >= 4 is 10.0 Å². The lowest BCUT2D eigenvalue weighted by Crippen LogP contribution is -2.41. The minimum Gasteiger partial charge on any atom is -0.378 e. The summed E-state index contributed by atoms with van der Waals surface area (Å²) in [4.78, 5) is -0.241. The molecular formula is C15H23FN2O3S. The summed E-state index contributed by atoms with van der Waals surface area (Å²) >= 11 is 0. The second-order valence-electron chi connectivity index (χ2n) is 5.50. The first-order valence-electron chi connectivity index (χ1n) is 7.53. The van der Waals surface area contributed by atoms with E-state index in [1.807, 2.05) is 0 Å². The van der Waals surface area contributed by atoms with Crippen LogP contribution < -0.4 is 5.73 Å². The second-order valence-corrected chi connectivity index (χ2v) is 7.41. The molecule has 1 aromatic rings. The molecule has 1 aliphatic rings. The van der Waals surface area contributed by atoms with E-state index < -0.39 is 15.8 Å². The molecule has 22 heavy (non-hydrogen) atoms. The van der Waals surface area contributed by atoms with E-state index in [1.54, 1.807) is 19.1 Å². The fraction of sp³-hybridized carbons (Fsp3) is 0.600. The molecule has 2 N–H and O–H groups in total. The SMILES string of the molecule is Cc1cccc(S(=O)(=O)N2CCC(OCCCN)CC2)c1F. The molecule has 1 heterocycles. The predicted molar refractivity (Wildman–Crippen MR) is 82.5 cm³/mol. The van der Waals surface area contributed by atoms with Gasteiger partial charge in [-0.15, -0.1) is 0 Å². The van der Waals surface area contributed by atoms with Crippen LogP contribution >= 0.6 is 0 Å². The Labute approximate surface area is 131 Å². The zero-order valence-electron chi connectivity index (χ0n) is 12.8. The smallest absolute Gasteiger partial charge is 0.245 e. The first-order valence-corrected chi connectivity index (χ1v) is 8.97. The Morgan fingerprint density at radius 2 is 2.05 bits per heavy atom. The molecule has 0 spiro atoms. The zero-order chi connectivity index (χ0) is 16.2. The third kappa shape index (κ3) is 3.84. The van der Waals surface area contributed by atoms with E-state index in [4.69, 9.17) is 10.5 Å². The maximum absolute atomic E-state index is 14.1. The number of piperidine rings is 1. The van der Waals surface area contributed by atoms with E-state index in [9.17, 15) is 12.8 Å². The summed E-state index contributed by atoms with van der Waals surface area (Å²) in [5, 5.41) is 0. The highest BCUT2D eigenvalue weighted by Gasteiger charge is 2.31. The fourth-order valence-corrected chi connectivity index (χ4v) is 4.14. The van der Waals surface area contributed by atoms with Gasteiger partial charge >= 0.3 is 0 Å². The predicted octanol–water partition coefficient (Wildman–Crippen LogP) is 1.65. The summed E-state index contributed by atoms with van der Waals surface area (Å²) < 4.78 is 46.2. The molecule has 0 amide bonds. The van der Waals surface area contributed by atoms with Crippen LogP contribution in [0.2, 0.25) is 0 Å². The number of aryl methyl sites for hydroxylation is 1. The number of benzene rings is 1. The van der Waals surface area contributed by atoms with E-state index in [0.29, 0.717) is 44.6 Å². The van der Waals surface area contributed by atoms with Gasteiger partial charge in [-0.25, -0.2) is 12.8 Å². The van der Waals surface area contributed by atoms with Gasteiger partial charge in [0.25, 0.3) is 0 Å². The second kappa shape index (κ2) is 7.50. The molecule has 0 radical (unpaired) electrons. The van der Waals surface area contributed by atoms with Gasteiger partial charge < -0.3 is 10.5 Å². The summed E-state index contributed by atoms with van der Waals surface area (Å²) in [6, 6.07) is 4.45. The topological polar surface area (TPSA) is 72.6 Å². The van der Waals surface area contributed by atoms with Crippen LogP contribution in [-0.4, -0.2) is 45.1 Å². The first-order chi connectivity index (χ1) is 10.5. The van der Waals surface area contributed by atoms with Gasteiger partial charge in [0.15, 0.2) is 0 Å². The van der Waals surface area contributed by atoms with Crippen molar-refractivity contribution in [1.82, 2.24) is 4.31 Å². The summed E-state index contributed by atoms with van der Waals surface area (Å²) in [5.74, 6) is -0.663. The fourth-order valence-electron chi connectivity index (χ4n) is 2.53. The van der Waals surface area contributed by atoms with Crippen molar-refractivity contribution in [2.75, 3.05) is 26.2 Å². The van der Waals surface area contributed by atoms with Gasteiger partial charge in [-0.05, 0) is 44.4 Å². The lowest BCUT2D eigenvalue weighted by atomic mass is 10.1. The Morgan fingerprint density at radius 1 is 1.36 bits per heavy atom. The number of nitrogens with two attached hydrogens (primary N) is 1. The van der Waals surface area contributed by atoms with Crippen LogP contribution in [0.25, 0.3) is 0 Å². The third-order valence-corrected chi connectivity index (χ3v) is 5.79. The first kappa shape index (κ1) is 17.3. The molecular weight excluding hydrogens is 307 g/mol. The van der Waals surface area contributed by atoms with Crippen molar-refractivity contribution in [3.63, 3.8) is 0 Å². The monoisotopic (exact) mass is 330 g/mol. The molecule has 0 aliphatic carbocycles. The van der Waals surface area contributed by atoms with Crippen molar-refractivity contribution in [2.24, 2.45) is 5.73 Å². The van der Waals surface area contributed by atoms with Crippen molar-refractivity contribution < 1.29 is 17.5 Å². The highest BCUT2D eigenvalue weighted by atomic mass is 32.2. The highest BCUT2D eigenvalue weighted by Crippen LogP contribution is 2.25. The van der Waals surface area contributed by atoms with Crippen LogP contribution in [0.5, 0.6) is 0 Å². The summed E-state index contributed by atoms with van der Waals surface area (Å²) in [7, 11) is -3.78. The standard InChI is InChI=1S/C15H23FN2O3S/c1-12-4-2-5-14(15(12)16)22(19,20)18-9-6-13(7-10-18)21-11-3-8-17/h2,4-5,13H,3,6-11,17H2,1H3. The molecule has 1 aromatic carbocycles. The molecule has 1 saturated heterocycles. The molecule has 0 aromatic heterocycles. The van der Waals surface area contributed by atoms with Crippen molar-refractivity contribution in [3.05, 3.63) is 29.6 Å². The number of rotatable bonds is 6. The van der Waals surface area contributed by atoms with Gasteiger partial charge in [0, 0.05) is 19.7 Å². The average molecular weight is 330 g/mol. The normalized spacial score (nSPS) is 17.8. The minimum atomic E-state index is -3.78. The molecule has 124 valence electrons. The van der Waals surface area contributed by atoms with Crippen LogP contribution in [0.4, 0.5) is 4.39 Å². The van der Waals surface area contributed by atoms with E-state index in [0.717, 1.165) is 6.42 Å². The number of nitrogens with zero attached hydrogens (tertiary/aromatic N) is 1. The van der Waals surface area contributed by atoms with Gasteiger partial charge in [-0.2, -0.15) is 4.31 Å². The Hall–Kier alpha value is -1.02. The Kier molecular flexibility index (Phi) is 5.91. The van der Waals surface area contributed by atoms with E-state index in [1.165, 1.54) is 10.4 Å². The Balaban J connectivity index is 2.02. The number of hydrogen-bond donors (Lipinski definition) is 1. The quantitative estimate of drug-likeness (QED) is 0.805. The van der Waals surface area contributed by atoms with Crippen LogP contribution in [0.1, 0.15) is 24.8 Å². The molecule has 0 saturated carbocycles. The van der Waals surface area contributed by atoms with E-state index in [-0.39, 0.29) is 11.0 Å². The molecule has 0 atom stereocenters. The van der Waals surface area contributed by atoms with Crippen LogP contribution in [-0.2, 0) is 14.8 Å². The number of halogens is 1. The molecule has 7 heteroatoms. The maximum Gasteiger partial charge on any atom is 0.245 e. The van der Waals surface area contributed by atoms with Gasteiger partial charge in [0.1, 0.15) is 10.7 Å². The van der Waals surface area contributed by atoms with Gasteiger partial charge in [0.05, 0.1) is 6.10 Å². The number of sulfonamides is 1. The molecule has 5 nitrogen and oxygen atoms in total. The minimum absolute atomic E-state index is 0.0559. The van der Waals surface area contributed by atoms with Crippen LogP contribution in [0, 0.1) is 12.7 Å². The molecule has 1 fully saturated rings. The van der Waals surface area contributed by atoms with Crippen molar-refractivity contribution in [3.8, 4) is 0 Å². The van der Waals surface area contributed by atoms with Crippen LogP contribution in [0.15, 0.2) is 23.1 Å². The van der Waals surface area contributed by atoms with Crippen molar-refractivity contribution in [1.29, 1.82) is 0 Å². The Morgan fingerprint density at radius 3 is 2.68 bits per heavy atom.